The van der Waals surface area contributed by atoms with Crippen molar-refractivity contribution in [2.24, 2.45) is 5.73 Å². The highest BCUT2D eigenvalue weighted by molar-refractivity contribution is 6.32. The van der Waals surface area contributed by atoms with Gasteiger partial charge in [0.2, 0.25) is 0 Å². The molecule has 168 valence electrons. The number of anilines is 2. The van der Waals surface area contributed by atoms with Crippen LogP contribution in [0.25, 0.3) is 22.0 Å². The molecule has 1 heterocycles. The van der Waals surface area contributed by atoms with Gasteiger partial charge in [0, 0.05) is 17.3 Å². The molecule has 0 bridgehead atoms. The molecule has 0 saturated heterocycles. The first-order chi connectivity index (χ1) is 15.9. The standard InChI is InChI=1S/C26H24ClN3O3/c1-15(31)21-14-29-23-7-6-17(18-12-22(27)26(32)24(13-18)33-2)11-20(23)25(21)30-19-5-3-4-16(10-19)8-9-28/h3-7,10-14,32H,8-9,28H2,1-2H3,(H,29,30). The first-order valence-corrected chi connectivity index (χ1v) is 10.9. The lowest BCUT2D eigenvalue weighted by molar-refractivity contribution is 0.101. The van der Waals surface area contributed by atoms with Gasteiger partial charge in [-0.3, -0.25) is 9.78 Å². The maximum atomic E-state index is 12.4. The molecule has 33 heavy (non-hydrogen) atoms. The van der Waals surface area contributed by atoms with E-state index in [1.54, 1.807) is 18.3 Å². The Hall–Kier alpha value is -3.61. The van der Waals surface area contributed by atoms with Crippen LogP contribution in [-0.4, -0.2) is 29.5 Å². The molecule has 6 nitrogen and oxygen atoms in total. The summed E-state index contributed by atoms with van der Waals surface area (Å²) in [6, 6.07) is 17.1. The van der Waals surface area contributed by atoms with Crippen molar-refractivity contribution < 1.29 is 14.6 Å². The van der Waals surface area contributed by atoms with E-state index >= 15 is 0 Å². The maximum absolute atomic E-state index is 12.4. The van der Waals surface area contributed by atoms with Gasteiger partial charge < -0.3 is 20.9 Å². The van der Waals surface area contributed by atoms with Crippen LogP contribution in [0.5, 0.6) is 11.5 Å². The van der Waals surface area contributed by atoms with Gasteiger partial charge in [-0.05, 0) is 73.0 Å². The van der Waals surface area contributed by atoms with E-state index in [-0.39, 0.29) is 22.3 Å². The highest BCUT2D eigenvalue weighted by Gasteiger charge is 2.16. The number of ether oxygens (including phenoxy) is 1. The van der Waals surface area contributed by atoms with E-state index < -0.39 is 0 Å². The van der Waals surface area contributed by atoms with Gasteiger partial charge in [-0.15, -0.1) is 0 Å². The molecule has 0 saturated carbocycles. The second kappa shape index (κ2) is 9.48. The Morgan fingerprint density at radius 1 is 1.15 bits per heavy atom. The molecule has 0 radical (unpaired) electrons. The first kappa shape index (κ1) is 22.6. The average Bonchev–Trinajstić information content (AvgIpc) is 2.81. The van der Waals surface area contributed by atoms with Crippen LogP contribution in [0.2, 0.25) is 5.02 Å². The Morgan fingerprint density at radius 2 is 1.97 bits per heavy atom. The van der Waals surface area contributed by atoms with E-state index in [0.29, 0.717) is 17.8 Å². The molecule has 0 amide bonds. The first-order valence-electron chi connectivity index (χ1n) is 10.5. The number of halogens is 1. The number of rotatable bonds is 7. The highest BCUT2D eigenvalue weighted by atomic mass is 35.5. The summed E-state index contributed by atoms with van der Waals surface area (Å²) in [6.45, 7) is 2.08. The van der Waals surface area contributed by atoms with Crippen molar-refractivity contribution in [1.82, 2.24) is 4.98 Å². The minimum absolute atomic E-state index is 0.0928. The second-order valence-corrected chi connectivity index (χ2v) is 8.12. The SMILES string of the molecule is COc1cc(-c2ccc3ncc(C(C)=O)c(Nc4cccc(CCN)c4)c3c2)cc(Cl)c1O. The summed E-state index contributed by atoms with van der Waals surface area (Å²) < 4.78 is 5.25. The number of carbonyl (C=O) groups is 1. The number of hydrogen-bond donors (Lipinski definition) is 3. The minimum atomic E-state index is -0.107. The van der Waals surface area contributed by atoms with Crippen molar-refractivity contribution >= 4 is 39.7 Å². The van der Waals surface area contributed by atoms with Crippen LogP contribution >= 0.6 is 11.6 Å². The highest BCUT2D eigenvalue weighted by Crippen LogP contribution is 2.40. The fourth-order valence-electron chi connectivity index (χ4n) is 3.79. The van der Waals surface area contributed by atoms with Crippen molar-refractivity contribution in [3.05, 3.63) is 76.9 Å². The number of aromatic hydroxyl groups is 1. The number of aromatic nitrogens is 1. The number of nitrogens with one attached hydrogen (secondary N) is 1. The summed E-state index contributed by atoms with van der Waals surface area (Å²) in [6.07, 6.45) is 2.36. The molecule has 7 heteroatoms. The quantitative estimate of drug-likeness (QED) is 0.305. The van der Waals surface area contributed by atoms with Crippen molar-refractivity contribution in [3.8, 4) is 22.6 Å². The zero-order chi connectivity index (χ0) is 23.5. The number of benzene rings is 3. The Kier molecular flexibility index (Phi) is 6.49. The van der Waals surface area contributed by atoms with E-state index in [4.69, 9.17) is 22.1 Å². The number of phenolic OH excluding ortho intramolecular Hbond substituents is 1. The van der Waals surface area contributed by atoms with Gasteiger partial charge in [0.15, 0.2) is 17.3 Å². The van der Waals surface area contributed by atoms with Gasteiger partial charge in [0.1, 0.15) is 0 Å². The molecule has 0 fully saturated rings. The van der Waals surface area contributed by atoms with Crippen molar-refractivity contribution in [3.63, 3.8) is 0 Å². The lowest BCUT2D eigenvalue weighted by Crippen LogP contribution is -2.05. The molecule has 4 N–H and O–H groups in total. The summed E-state index contributed by atoms with van der Waals surface area (Å²) in [5, 5.41) is 14.5. The number of methoxy groups -OCH3 is 1. The van der Waals surface area contributed by atoms with Crippen LogP contribution in [0.4, 0.5) is 11.4 Å². The number of hydrogen-bond acceptors (Lipinski definition) is 6. The third-order valence-corrected chi connectivity index (χ3v) is 5.75. The summed E-state index contributed by atoms with van der Waals surface area (Å²) in [5.41, 5.74) is 11.2. The van der Waals surface area contributed by atoms with Gasteiger partial charge in [-0.25, -0.2) is 0 Å². The van der Waals surface area contributed by atoms with E-state index in [1.807, 2.05) is 42.5 Å². The molecule has 0 aliphatic heterocycles. The average molecular weight is 462 g/mol. The number of pyridine rings is 1. The van der Waals surface area contributed by atoms with Crippen LogP contribution in [0, 0.1) is 0 Å². The molecule has 0 aliphatic carbocycles. The maximum Gasteiger partial charge on any atom is 0.176 e. The number of phenols is 1. The predicted octanol–water partition coefficient (Wildman–Crippen LogP) is 5.72. The smallest absolute Gasteiger partial charge is 0.176 e. The van der Waals surface area contributed by atoms with Gasteiger partial charge in [0.25, 0.3) is 0 Å². The van der Waals surface area contributed by atoms with E-state index in [9.17, 15) is 9.90 Å². The summed E-state index contributed by atoms with van der Waals surface area (Å²) >= 11 is 6.20. The molecule has 4 rings (SSSR count). The van der Waals surface area contributed by atoms with Crippen LogP contribution in [0.15, 0.2) is 60.8 Å². The largest absolute Gasteiger partial charge is 0.503 e. The number of Topliss-reactive ketones (excluding diaryl/α,β-unsaturated/α-hetero) is 1. The summed E-state index contributed by atoms with van der Waals surface area (Å²) in [7, 11) is 1.47. The van der Waals surface area contributed by atoms with Gasteiger partial charge in [0.05, 0.1) is 28.9 Å². The lowest BCUT2D eigenvalue weighted by Gasteiger charge is -2.15. The van der Waals surface area contributed by atoms with Gasteiger partial charge in [-0.2, -0.15) is 0 Å². The zero-order valence-corrected chi connectivity index (χ0v) is 19.1. The normalized spacial score (nSPS) is 10.9. The van der Waals surface area contributed by atoms with Crippen LogP contribution in [-0.2, 0) is 6.42 Å². The van der Waals surface area contributed by atoms with Crippen molar-refractivity contribution in [2.45, 2.75) is 13.3 Å². The van der Waals surface area contributed by atoms with Crippen molar-refractivity contribution in [2.75, 3.05) is 19.0 Å². The van der Waals surface area contributed by atoms with Crippen LogP contribution < -0.4 is 15.8 Å². The van der Waals surface area contributed by atoms with Crippen molar-refractivity contribution in [1.29, 1.82) is 0 Å². The molecule has 4 aromatic rings. The molecule has 0 atom stereocenters. The lowest BCUT2D eigenvalue weighted by atomic mass is 9.99. The number of carbonyl (C=O) groups excluding carboxylic acids is 1. The molecule has 0 unspecified atom stereocenters. The van der Waals surface area contributed by atoms with E-state index in [2.05, 4.69) is 10.3 Å². The summed E-state index contributed by atoms with van der Waals surface area (Å²) in [4.78, 5) is 16.9. The zero-order valence-electron chi connectivity index (χ0n) is 18.4. The minimum Gasteiger partial charge on any atom is -0.503 e. The molecule has 0 aliphatic rings. The molecule has 3 aromatic carbocycles. The third-order valence-electron chi connectivity index (χ3n) is 5.46. The number of nitrogens with zero attached hydrogens (tertiary/aromatic N) is 1. The Bertz CT molecular complexity index is 1350. The fraction of sp³-hybridized carbons (Fsp3) is 0.154. The molecular weight excluding hydrogens is 438 g/mol. The van der Waals surface area contributed by atoms with Crippen LogP contribution in [0.1, 0.15) is 22.8 Å². The molecule has 0 spiro atoms. The van der Waals surface area contributed by atoms with Gasteiger partial charge in [-0.1, -0.05) is 29.8 Å². The third kappa shape index (κ3) is 4.62. The number of nitrogens with two attached hydrogens (primary N) is 1. The van der Waals surface area contributed by atoms with E-state index in [0.717, 1.165) is 39.7 Å². The van der Waals surface area contributed by atoms with Gasteiger partial charge >= 0.3 is 0 Å². The molecular formula is C26H24ClN3O3. The van der Waals surface area contributed by atoms with Crippen LogP contribution in [0.3, 0.4) is 0 Å². The fourth-order valence-corrected chi connectivity index (χ4v) is 4.00. The topological polar surface area (TPSA) is 97.5 Å². The summed E-state index contributed by atoms with van der Waals surface area (Å²) in [5.74, 6) is 0.0805. The predicted molar refractivity (Wildman–Crippen MR) is 133 cm³/mol. The Morgan fingerprint density at radius 3 is 2.70 bits per heavy atom. The Balaban J connectivity index is 1.88. The van der Waals surface area contributed by atoms with E-state index in [1.165, 1.54) is 14.0 Å². The Labute approximate surface area is 197 Å². The number of ketones is 1. The second-order valence-electron chi connectivity index (χ2n) is 7.71. The molecule has 1 aromatic heterocycles. The monoisotopic (exact) mass is 461 g/mol. The number of fused-ring (bicyclic) bond motifs is 1.